The number of rotatable bonds is 7. The van der Waals surface area contributed by atoms with Crippen molar-refractivity contribution in [3.05, 3.63) is 42.1 Å². The van der Waals surface area contributed by atoms with Gasteiger partial charge in [-0.05, 0) is 24.5 Å². The Labute approximate surface area is 147 Å². The van der Waals surface area contributed by atoms with Gasteiger partial charge >= 0.3 is 5.97 Å². The second-order valence-corrected chi connectivity index (χ2v) is 6.43. The highest BCUT2D eigenvalue weighted by Crippen LogP contribution is 2.13. The van der Waals surface area contributed by atoms with Crippen molar-refractivity contribution in [1.29, 1.82) is 0 Å². The third-order valence-electron chi connectivity index (χ3n) is 3.87. The number of hydrogen-bond acceptors (Lipinski definition) is 5. The van der Waals surface area contributed by atoms with E-state index in [1.807, 2.05) is 50.2 Å². The summed E-state index contributed by atoms with van der Waals surface area (Å²) in [6.07, 6.45) is -0.636. The van der Waals surface area contributed by atoms with Crippen molar-refractivity contribution < 1.29 is 19.4 Å². The predicted molar refractivity (Wildman–Crippen MR) is 94.9 cm³/mol. The molecule has 1 aromatic heterocycles. The summed E-state index contributed by atoms with van der Waals surface area (Å²) in [6.45, 7) is 3.82. The number of methoxy groups -OCH3 is 1. The van der Waals surface area contributed by atoms with E-state index in [9.17, 15) is 14.7 Å². The molecule has 2 atom stereocenters. The zero-order chi connectivity index (χ0) is 18.4. The van der Waals surface area contributed by atoms with Crippen LogP contribution < -0.4 is 5.32 Å². The molecule has 0 aliphatic carbocycles. The first kappa shape index (κ1) is 18.9. The lowest BCUT2D eigenvalue weighted by atomic mass is 10.0. The fourth-order valence-electron chi connectivity index (χ4n) is 2.59. The van der Waals surface area contributed by atoms with Crippen LogP contribution in [0.3, 0.4) is 0 Å². The number of amides is 1. The molecule has 25 heavy (non-hydrogen) atoms. The Morgan fingerprint density at radius 1 is 1.20 bits per heavy atom. The lowest BCUT2D eigenvalue weighted by Crippen LogP contribution is -2.47. The molecule has 0 unspecified atom stereocenters. The van der Waals surface area contributed by atoms with E-state index in [1.165, 1.54) is 7.11 Å². The van der Waals surface area contributed by atoms with E-state index in [0.29, 0.717) is 12.1 Å². The van der Waals surface area contributed by atoms with Gasteiger partial charge in [0.2, 0.25) is 5.91 Å². The molecule has 1 heterocycles. The number of benzene rings is 1. The summed E-state index contributed by atoms with van der Waals surface area (Å²) in [7, 11) is 1.26. The molecule has 0 saturated carbocycles. The molecule has 2 aromatic rings. The number of hydrogen-bond donors (Lipinski definition) is 2. The molecule has 2 rings (SSSR count). The maximum atomic E-state index is 12.1. The maximum absolute atomic E-state index is 12.1. The summed E-state index contributed by atoms with van der Waals surface area (Å²) in [5.41, 5.74) is 1.47. The zero-order valence-electron chi connectivity index (χ0n) is 14.7. The van der Waals surface area contributed by atoms with Gasteiger partial charge in [-0.3, -0.25) is 9.78 Å². The number of ether oxygens (including phenoxy) is 1. The average Bonchev–Trinajstić information content (AvgIpc) is 2.59. The van der Waals surface area contributed by atoms with Gasteiger partial charge in [-0.15, -0.1) is 0 Å². The molecule has 0 saturated heterocycles. The summed E-state index contributed by atoms with van der Waals surface area (Å²) in [5, 5.41) is 13.5. The minimum atomic E-state index is -1.16. The topological polar surface area (TPSA) is 88.5 Å². The number of para-hydroxylation sites is 1. The van der Waals surface area contributed by atoms with Crippen LogP contribution in [0.5, 0.6) is 0 Å². The van der Waals surface area contributed by atoms with Gasteiger partial charge in [0.1, 0.15) is 12.1 Å². The third kappa shape index (κ3) is 5.26. The molecule has 2 N–H and O–H groups in total. The van der Waals surface area contributed by atoms with Crippen molar-refractivity contribution >= 4 is 22.8 Å². The largest absolute Gasteiger partial charge is 0.467 e. The third-order valence-corrected chi connectivity index (χ3v) is 3.87. The Morgan fingerprint density at radius 3 is 2.60 bits per heavy atom. The molecule has 0 fully saturated rings. The van der Waals surface area contributed by atoms with E-state index in [0.717, 1.165) is 10.9 Å². The van der Waals surface area contributed by atoms with Crippen molar-refractivity contribution in [3.8, 4) is 0 Å². The van der Waals surface area contributed by atoms with Gasteiger partial charge in [0.25, 0.3) is 0 Å². The number of aromatic nitrogens is 1. The Morgan fingerprint density at radius 2 is 1.92 bits per heavy atom. The number of pyridine rings is 1. The Kier molecular flexibility index (Phi) is 6.47. The molecule has 0 spiro atoms. The van der Waals surface area contributed by atoms with E-state index in [-0.39, 0.29) is 12.3 Å². The van der Waals surface area contributed by atoms with Crippen LogP contribution in [0.25, 0.3) is 10.9 Å². The highest BCUT2D eigenvalue weighted by molar-refractivity contribution is 5.87. The predicted octanol–water partition coefficient (Wildman–Crippen LogP) is 1.84. The first-order valence-corrected chi connectivity index (χ1v) is 8.31. The molecule has 6 nitrogen and oxygen atoms in total. The van der Waals surface area contributed by atoms with Crippen molar-refractivity contribution in [2.24, 2.45) is 5.92 Å². The molecule has 0 bridgehead atoms. The first-order valence-electron chi connectivity index (χ1n) is 8.31. The van der Waals surface area contributed by atoms with Crippen LogP contribution in [-0.4, -0.2) is 41.2 Å². The highest BCUT2D eigenvalue weighted by Gasteiger charge is 2.26. The smallest absolute Gasteiger partial charge is 0.328 e. The van der Waals surface area contributed by atoms with Crippen molar-refractivity contribution in [1.82, 2.24) is 10.3 Å². The van der Waals surface area contributed by atoms with E-state index in [2.05, 4.69) is 10.3 Å². The summed E-state index contributed by atoms with van der Waals surface area (Å²) in [6, 6.07) is 10.5. The number of aliphatic hydroxyl groups is 1. The molecule has 6 heteroatoms. The quantitative estimate of drug-likeness (QED) is 0.748. The number of carbonyl (C=O) groups excluding carboxylic acids is 2. The van der Waals surface area contributed by atoms with Gasteiger partial charge in [-0.25, -0.2) is 4.79 Å². The van der Waals surface area contributed by atoms with Gasteiger partial charge in [-0.1, -0.05) is 38.1 Å². The maximum Gasteiger partial charge on any atom is 0.328 e. The number of esters is 1. The summed E-state index contributed by atoms with van der Waals surface area (Å²) >= 11 is 0. The van der Waals surface area contributed by atoms with Crippen LogP contribution in [0.2, 0.25) is 0 Å². The van der Waals surface area contributed by atoms with Crippen molar-refractivity contribution in [3.63, 3.8) is 0 Å². The molecular formula is C19H24N2O4. The lowest BCUT2D eigenvalue weighted by Gasteiger charge is -2.19. The number of aliphatic hydroxyl groups excluding tert-OH is 1. The first-order chi connectivity index (χ1) is 11.9. The molecule has 1 aromatic carbocycles. The van der Waals surface area contributed by atoms with Gasteiger partial charge in [0.15, 0.2) is 0 Å². The molecular weight excluding hydrogens is 320 g/mol. The van der Waals surface area contributed by atoms with Crippen LogP contribution >= 0.6 is 0 Å². The molecule has 0 radical (unpaired) electrons. The average molecular weight is 344 g/mol. The SMILES string of the molecule is COC(=O)[C@@H](Cc1ccc2ccccc2n1)NC(=O)[C@H](O)CC(C)C. The highest BCUT2D eigenvalue weighted by atomic mass is 16.5. The van der Waals surface area contributed by atoms with E-state index in [4.69, 9.17) is 4.74 Å². The van der Waals surface area contributed by atoms with Crippen LogP contribution in [0, 0.1) is 5.92 Å². The fourth-order valence-corrected chi connectivity index (χ4v) is 2.59. The van der Waals surface area contributed by atoms with Crippen LogP contribution in [0.4, 0.5) is 0 Å². The Balaban J connectivity index is 2.13. The van der Waals surface area contributed by atoms with Gasteiger partial charge < -0.3 is 15.2 Å². The summed E-state index contributed by atoms with van der Waals surface area (Å²) in [4.78, 5) is 28.6. The minimum absolute atomic E-state index is 0.166. The summed E-state index contributed by atoms with van der Waals surface area (Å²) in [5.74, 6) is -0.982. The number of nitrogens with one attached hydrogen (secondary N) is 1. The summed E-state index contributed by atoms with van der Waals surface area (Å²) < 4.78 is 4.77. The second kappa shape index (κ2) is 8.58. The van der Waals surface area contributed by atoms with Gasteiger partial charge in [0, 0.05) is 17.5 Å². The standard InChI is InChI=1S/C19H24N2O4/c1-12(2)10-17(22)18(23)21-16(19(24)25-3)11-14-9-8-13-6-4-5-7-15(13)20-14/h4-9,12,16-17,22H,10-11H2,1-3H3,(H,21,23)/t16-,17-/m1/s1. The molecule has 134 valence electrons. The van der Waals surface area contributed by atoms with E-state index >= 15 is 0 Å². The van der Waals surface area contributed by atoms with E-state index < -0.39 is 24.0 Å². The normalized spacial score (nSPS) is 13.5. The minimum Gasteiger partial charge on any atom is -0.467 e. The van der Waals surface area contributed by atoms with Crippen LogP contribution in [0.15, 0.2) is 36.4 Å². The zero-order valence-corrected chi connectivity index (χ0v) is 14.7. The second-order valence-electron chi connectivity index (χ2n) is 6.43. The lowest BCUT2D eigenvalue weighted by molar-refractivity contribution is -0.146. The van der Waals surface area contributed by atoms with Gasteiger partial charge in [0.05, 0.1) is 12.6 Å². The molecule has 1 amide bonds. The Bertz CT molecular complexity index is 745. The monoisotopic (exact) mass is 344 g/mol. The van der Waals surface area contributed by atoms with Crippen LogP contribution in [-0.2, 0) is 20.7 Å². The number of nitrogens with zero attached hydrogens (tertiary/aromatic N) is 1. The number of fused-ring (bicyclic) bond motifs is 1. The van der Waals surface area contributed by atoms with Crippen molar-refractivity contribution in [2.45, 2.75) is 38.8 Å². The Hall–Kier alpha value is -2.47. The molecule has 0 aliphatic heterocycles. The fraction of sp³-hybridized carbons (Fsp3) is 0.421. The van der Waals surface area contributed by atoms with E-state index in [1.54, 1.807) is 0 Å². The van der Waals surface area contributed by atoms with Gasteiger partial charge in [-0.2, -0.15) is 0 Å². The van der Waals surface area contributed by atoms with Crippen LogP contribution in [0.1, 0.15) is 26.0 Å². The van der Waals surface area contributed by atoms with Crippen molar-refractivity contribution in [2.75, 3.05) is 7.11 Å². The number of carbonyl (C=O) groups is 2. The molecule has 0 aliphatic rings.